The van der Waals surface area contributed by atoms with E-state index in [1.807, 2.05) is 6.26 Å². The molecule has 0 unspecified atom stereocenters. The van der Waals surface area contributed by atoms with Gasteiger partial charge in [0.25, 0.3) is 0 Å². The summed E-state index contributed by atoms with van der Waals surface area (Å²) in [6.45, 7) is 6.28. The van der Waals surface area contributed by atoms with E-state index >= 15 is 0 Å². The van der Waals surface area contributed by atoms with Gasteiger partial charge in [0, 0.05) is 18.1 Å². The van der Waals surface area contributed by atoms with Crippen molar-refractivity contribution < 1.29 is 9.21 Å². The van der Waals surface area contributed by atoms with Crippen LogP contribution in [-0.4, -0.2) is 10.9 Å². The predicted molar refractivity (Wildman–Crippen MR) is 82.9 cm³/mol. The minimum absolute atomic E-state index is 0.123. The van der Waals surface area contributed by atoms with Crippen molar-refractivity contribution in [2.75, 3.05) is 5.75 Å². The predicted octanol–water partition coefficient (Wildman–Crippen LogP) is 4.35. The van der Waals surface area contributed by atoms with Crippen LogP contribution < -0.4 is 0 Å². The molecule has 3 rings (SSSR count). The molecule has 0 aromatic carbocycles. The molecule has 0 spiro atoms. The van der Waals surface area contributed by atoms with Gasteiger partial charge in [-0.1, -0.05) is 37.3 Å². The zero-order chi connectivity index (χ0) is 14.3. The average molecular weight is 290 g/mol. The molecule has 0 radical (unpaired) electrons. The fourth-order valence-electron chi connectivity index (χ4n) is 3.95. The van der Waals surface area contributed by atoms with Gasteiger partial charge in [-0.05, 0) is 42.7 Å². The van der Waals surface area contributed by atoms with Crippen molar-refractivity contribution in [3.63, 3.8) is 0 Å². The molecule has 108 valence electrons. The number of thioether (sulfide) groups is 1. The van der Waals surface area contributed by atoms with Crippen molar-refractivity contribution in [2.45, 2.75) is 45.4 Å². The number of carbonyl (C=O) groups is 1. The normalized spacial score (nSPS) is 27.4. The summed E-state index contributed by atoms with van der Waals surface area (Å²) < 4.78 is 5.76. The standard InChI is InChI=1S/C17H22O2S/c1-11(18)20-10-12-4-5-15-14(8-12)9-13-6-7-19-16(13)17(15,2)3/h6-8,14-15H,4-5,9-10H2,1-3H3/t14-,15+/m0/s1. The summed E-state index contributed by atoms with van der Waals surface area (Å²) in [5, 5.41) is 0.217. The molecule has 0 aliphatic heterocycles. The SMILES string of the molecule is CC(=O)SCC1=C[C@H]2Cc3ccoc3C(C)(C)[C@@H]2CC1. The van der Waals surface area contributed by atoms with Crippen molar-refractivity contribution >= 4 is 16.9 Å². The molecular weight excluding hydrogens is 268 g/mol. The van der Waals surface area contributed by atoms with Gasteiger partial charge in [0.2, 0.25) is 0 Å². The van der Waals surface area contributed by atoms with E-state index in [1.165, 1.54) is 35.1 Å². The van der Waals surface area contributed by atoms with Crippen LogP contribution in [0.1, 0.15) is 44.9 Å². The van der Waals surface area contributed by atoms with E-state index in [-0.39, 0.29) is 10.5 Å². The third kappa shape index (κ3) is 2.37. The molecule has 2 aliphatic rings. The van der Waals surface area contributed by atoms with Gasteiger partial charge in [-0.25, -0.2) is 0 Å². The van der Waals surface area contributed by atoms with Gasteiger partial charge in [0.15, 0.2) is 5.12 Å². The van der Waals surface area contributed by atoms with Crippen LogP contribution in [0.5, 0.6) is 0 Å². The second kappa shape index (κ2) is 5.10. The van der Waals surface area contributed by atoms with Crippen molar-refractivity contribution in [3.05, 3.63) is 35.3 Å². The molecule has 2 aliphatic carbocycles. The number of rotatable bonds is 2. The van der Waals surface area contributed by atoms with Gasteiger partial charge < -0.3 is 4.42 Å². The molecule has 3 heteroatoms. The van der Waals surface area contributed by atoms with Crippen LogP contribution >= 0.6 is 11.8 Å². The minimum atomic E-state index is 0.123. The topological polar surface area (TPSA) is 30.2 Å². The average Bonchev–Trinajstić information content (AvgIpc) is 2.85. The van der Waals surface area contributed by atoms with Crippen LogP contribution in [0.25, 0.3) is 0 Å². The molecule has 20 heavy (non-hydrogen) atoms. The number of hydrogen-bond acceptors (Lipinski definition) is 3. The Balaban J connectivity index is 1.84. The number of fused-ring (bicyclic) bond motifs is 2. The second-order valence-corrected chi connectivity index (χ2v) is 7.77. The number of carbonyl (C=O) groups excluding carboxylic acids is 1. The zero-order valence-electron chi connectivity index (χ0n) is 12.4. The third-order valence-corrected chi connectivity index (χ3v) is 5.84. The Hall–Kier alpha value is -0.960. The first-order chi connectivity index (χ1) is 9.48. The van der Waals surface area contributed by atoms with E-state index in [9.17, 15) is 4.79 Å². The fraction of sp³-hybridized carbons (Fsp3) is 0.588. The van der Waals surface area contributed by atoms with E-state index in [4.69, 9.17) is 4.42 Å². The summed E-state index contributed by atoms with van der Waals surface area (Å²) in [4.78, 5) is 11.1. The van der Waals surface area contributed by atoms with Gasteiger partial charge >= 0.3 is 0 Å². The van der Waals surface area contributed by atoms with Crippen LogP contribution in [0.2, 0.25) is 0 Å². The molecular formula is C17H22O2S. The first-order valence-electron chi connectivity index (χ1n) is 7.38. The first-order valence-corrected chi connectivity index (χ1v) is 8.37. The van der Waals surface area contributed by atoms with Crippen molar-refractivity contribution in [3.8, 4) is 0 Å². The molecule has 0 amide bonds. The lowest BCUT2D eigenvalue weighted by Gasteiger charge is -2.44. The molecule has 0 fully saturated rings. The molecule has 2 nitrogen and oxygen atoms in total. The maximum absolute atomic E-state index is 11.1. The Morgan fingerprint density at radius 2 is 2.30 bits per heavy atom. The van der Waals surface area contributed by atoms with E-state index in [0.717, 1.165) is 18.6 Å². The largest absolute Gasteiger partial charge is 0.468 e. The monoisotopic (exact) mass is 290 g/mol. The Labute approximate surface area is 125 Å². The maximum Gasteiger partial charge on any atom is 0.186 e. The van der Waals surface area contributed by atoms with Gasteiger partial charge in [-0.2, -0.15) is 0 Å². The molecule has 0 saturated carbocycles. The van der Waals surface area contributed by atoms with E-state index in [2.05, 4.69) is 26.0 Å². The lowest BCUT2D eigenvalue weighted by atomic mass is 9.60. The number of allylic oxidation sites excluding steroid dienone is 1. The van der Waals surface area contributed by atoms with E-state index < -0.39 is 0 Å². The Morgan fingerprint density at radius 1 is 1.50 bits per heavy atom. The molecule has 2 atom stereocenters. The Kier molecular flexibility index (Phi) is 3.57. The summed E-state index contributed by atoms with van der Waals surface area (Å²) in [7, 11) is 0. The van der Waals surface area contributed by atoms with Crippen LogP contribution in [0.4, 0.5) is 0 Å². The zero-order valence-corrected chi connectivity index (χ0v) is 13.3. The van der Waals surface area contributed by atoms with Crippen LogP contribution in [0.15, 0.2) is 28.4 Å². The Morgan fingerprint density at radius 3 is 3.05 bits per heavy atom. The highest BCUT2D eigenvalue weighted by Crippen LogP contribution is 2.49. The van der Waals surface area contributed by atoms with Gasteiger partial charge in [-0.3, -0.25) is 4.79 Å². The van der Waals surface area contributed by atoms with Crippen LogP contribution in [-0.2, 0) is 16.6 Å². The first kappa shape index (κ1) is 14.0. The molecule has 1 heterocycles. The molecule has 0 bridgehead atoms. The maximum atomic E-state index is 11.1. The quantitative estimate of drug-likeness (QED) is 0.759. The van der Waals surface area contributed by atoms with Gasteiger partial charge in [-0.15, -0.1) is 0 Å². The lowest BCUT2D eigenvalue weighted by Crippen LogP contribution is -2.40. The third-order valence-electron chi connectivity index (χ3n) is 4.92. The molecule has 0 saturated heterocycles. The summed E-state index contributed by atoms with van der Waals surface area (Å²) in [5.74, 6) is 3.32. The number of furan rings is 1. The number of hydrogen-bond donors (Lipinski definition) is 0. The van der Waals surface area contributed by atoms with Crippen molar-refractivity contribution in [2.24, 2.45) is 11.8 Å². The summed E-state index contributed by atoms with van der Waals surface area (Å²) >= 11 is 1.44. The van der Waals surface area contributed by atoms with Crippen LogP contribution in [0, 0.1) is 11.8 Å². The van der Waals surface area contributed by atoms with E-state index in [0.29, 0.717) is 11.8 Å². The minimum Gasteiger partial charge on any atom is -0.468 e. The summed E-state index contributed by atoms with van der Waals surface area (Å²) in [6.07, 6.45) is 7.71. The second-order valence-electron chi connectivity index (χ2n) is 6.61. The van der Waals surface area contributed by atoms with Gasteiger partial charge in [0.1, 0.15) is 5.76 Å². The fourth-order valence-corrected chi connectivity index (χ4v) is 4.58. The molecule has 0 N–H and O–H groups in total. The molecule has 1 aromatic rings. The highest BCUT2D eigenvalue weighted by Gasteiger charge is 2.44. The Bertz CT molecular complexity index is 553. The smallest absolute Gasteiger partial charge is 0.186 e. The van der Waals surface area contributed by atoms with Gasteiger partial charge in [0.05, 0.1) is 6.26 Å². The van der Waals surface area contributed by atoms with Crippen molar-refractivity contribution in [1.29, 1.82) is 0 Å². The lowest BCUT2D eigenvalue weighted by molar-refractivity contribution is -0.109. The summed E-state index contributed by atoms with van der Waals surface area (Å²) in [6, 6.07) is 2.12. The van der Waals surface area contributed by atoms with E-state index in [1.54, 1.807) is 6.92 Å². The summed E-state index contributed by atoms with van der Waals surface area (Å²) in [5.41, 5.74) is 2.94. The van der Waals surface area contributed by atoms with Crippen LogP contribution in [0.3, 0.4) is 0 Å². The molecule has 1 aromatic heterocycles. The highest BCUT2D eigenvalue weighted by molar-refractivity contribution is 8.13. The highest BCUT2D eigenvalue weighted by atomic mass is 32.2. The van der Waals surface area contributed by atoms with Crippen molar-refractivity contribution in [1.82, 2.24) is 0 Å².